The first-order valence-corrected chi connectivity index (χ1v) is 7.14. The van der Waals surface area contributed by atoms with Gasteiger partial charge in [0.1, 0.15) is 0 Å². The second kappa shape index (κ2) is 6.14. The molecule has 1 aromatic carbocycles. The van der Waals surface area contributed by atoms with E-state index >= 15 is 0 Å². The van der Waals surface area contributed by atoms with Gasteiger partial charge in [-0.25, -0.2) is 8.42 Å². The van der Waals surface area contributed by atoms with Gasteiger partial charge in [0.25, 0.3) is 0 Å². The minimum Gasteiger partial charge on any atom is -0.395 e. The van der Waals surface area contributed by atoms with E-state index in [2.05, 4.69) is 0 Å². The maximum atomic E-state index is 12.3. The molecule has 0 unspecified atom stereocenters. The van der Waals surface area contributed by atoms with Crippen LogP contribution in [0.2, 0.25) is 0 Å². The van der Waals surface area contributed by atoms with Crippen LogP contribution in [-0.4, -0.2) is 37.5 Å². The molecule has 0 heterocycles. The molecule has 0 saturated heterocycles. The molecule has 0 bridgehead atoms. The summed E-state index contributed by atoms with van der Waals surface area (Å²) in [6.07, 6.45) is 0.727. The Kier molecular flexibility index (Phi) is 5.11. The van der Waals surface area contributed by atoms with E-state index in [9.17, 15) is 8.42 Å². The Morgan fingerprint density at radius 1 is 1.29 bits per heavy atom. The summed E-state index contributed by atoms with van der Waals surface area (Å²) < 4.78 is 25.9. The van der Waals surface area contributed by atoms with Crippen LogP contribution in [0.3, 0.4) is 0 Å². The zero-order valence-corrected chi connectivity index (χ0v) is 11.1. The molecule has 0 aromatic heterocycles. The molecule has 0 spiro atoms. The van der Waals surface area contributed by atoms with E-state index in [0.29, 0.717) is 11.4 Å². The molecular weight excluding hydrogens is 238 g/mol. The number of benzene rings is 1. The van der Waals surface area contributed by atoms with Gasteiger partial charge in [-0.2, -0.15) is 4.31 Å². The van der Waals surface area contributed by atoms with Gasteiger partial charge in [-0.05, 0) is 31.0 Å². The van der Waals surface area contributed by atoms with Crippen LogP contribution in [0, 0.1) is 6.92 Å². The maximum Gasteiger partial charge on any atom is 0.243 e. The number of rotatable bonds is 6. The molecule has 0 aliphatic rings. The number of aliphatic hydroxyl groups is 1. The number of hydrogen-bond donors (Lipinski definition) is 1. The summed E-state index contributed by atoms with van der Waals surface area (Å²) >= 11 is 0. The van der Waals surface area contributed by atoms with Gasteiger partial charge >= 0.3 is 0 Å². The number of aryl methyl sites for hydroxylation is 1. The normalized spacial score (nSPS) is 12.0. The van der Waals surface area contributed by atoms with Gasteiger partial charge in [0.05, 0.1) is 11.5 Å². The van der Waals surface area contributed by atoms with Gasteiger partial charge in [-0.3, -0.25) is 0 Å². The zero-order valence-electron chi connectivity index (χ0n) is 10.3. The molecule has 0 atom stereocenters. The van der Waals surface area contributed by atoms with Crippen molar-refractivity contribution in [2.24, 2.45) is 0 Å². The third-order valence-corrected chi connectivity index (χ3v) is 4.34. The predicted octanol–water partition coefficient (Wildman–Crippen LogP) is 1.39. The Labute approximate surface area is 103 Å². The van der Waals surface area contributed by atoms with Crippen molar-refractivity contribution in [2.45, 2.75) is 25.2 Å². The van der Waals surface area contributed by atoms with Crippen LogP contribution < -0.4 is 0 Å². The van der Waals surface area contributed by atoms with Gasteiger partial charge in [0.15, 0.2) is 0 Å². The summed E-state index contributed by atoms with van der Waals surface area (Å²) in [4.78, 5) is 0.291. The van der Waals surface area contributed by atoms with Crippen LogP contribution in [0.5, 0.6) is 0 Å². The van der Waals surface area contributed by atoms with Gasteiger partial charge in [0, 0.05) is 13.1 Å². The van der Waals surface area contributed by atoms with Crippen molar-refractivity contribution in [2.75, 3.05) is 19.7 Å². The minimum atomic E-state index is -3.47. The fraction of sp³-hybridized carbons (Fsp3) is 0.500. The van der Waals surface area contributed by atoms with E-state index in [1.165, 1.54) is 4.31 Å². The topological polar surface area (TPSA) is 57.6 Å². The summed E-state index contributed by atoms with van der Waals surface area (Å²) in [7, 11) is -3.47. The van der Waals surface area contributed by atoms with Crippen molar-refractivity contribution in [3.05, 3.63) is 29.8 Å². The average molecular weight is 257 g/mol. The van der Waals surface area contributed by atoms with Gasteiger partial charge in [0.2, 0.25) is 10.0 Å². The molecule has 0 fully saturated rings. The summed E-state index contributed by atoms with van der Waals surface area (Å²) in [5.41, 5.74) is 0.909. The van der Waals surface area contributed by atoms with Crippen molar-refractivity contribution >= 4 is 10.0 Å². The lowest BCUT2D eigenvalue weighted by molar-refractivity contribution is 0.253. The van der Waals surface area contributed by atoms with Crippen LogP contribution >= 0.6 is 0 Å². The van der Waals surface area contributed by atoms with Gasteiger partial charge in [-0.1, -0.05) is 19.1 Å². The lowest BCUT2D eigenvalue weighted by Gasteiger charge is -2.20. The van der Waals surface area contributed by atoms with Gasteiger partial charge < -0.3 is 5.11 Å². The van der Waals surface area contributed by atoms with E-state index in [1.807, 2.05) is 19.9 Å². The Morgan fingerprint density at radius 2 is 2.00 bits per heavy atom. The highest BCUT2D eigenvalue weighted by atomic mass is 32.2. The monoisotopic (exact) mass is 257 g/mol. The number of nitrogens with zero attached hydrogens (tertiary/aromatic N) is 1. The molecular formula is C12H19NO3S. The standard InChI is InChI=1S/C12H19NO3S/c1-3-7-13(8-9-14)17(15,16)12-6-4-5-11(2)10-12/h4-6,10,14H,3,7-9H2,1-2H3. The highest BCUT2D eigenvalue weighted by molar-refractivity contribution is 7.89. The number of sulfonamides is 1. The van der Waals surface area contributed by atoms with Crippen molar-refractivity contribution < 1.29 is 13.5 Å². The van der Waals surface area contributed by atoms with E-state index < -0.39 is 10.0 Å². The van der Waals surface area contributed by atoms with E-state index in [4.69, 9.17) is 5.11 Å². The summed E-state index contributed by atoms with van der Waals surface area (Å²) in [5.74, 6) is 0. The SMILES string of the molecule is CCCN(CCO)S(=O)(=O)c1cccc(C)c1. The van der Waals surface area contributed by atoms with Crippen LogP contribution in [0.15, 0.2) is 29.2 Å². The second-order valence-corrected chi connectivity index (χ2v) is 5.88. The first kappa shape index (κ1) is 14.2. The predicted molar refractivity (Wildman–Crippen MR) is 67.3 cm³/mol. The molecule has 0 radical (unpaired) electrons. The van der Waals surface area contributed by atoms with E-state index in [-0.39, 0.29) is 13.2 Å². The summed E-state index contributed by atoms with van der Waals surface area (Å²) in [6.45, 7) is 4.18. The molecule has 1 aromatic rings. The molecule has 1 N–H and O–H groups in total. The van der Waals surface area contributed by atoms with Crippen LogP contribution in [0.4, 0.5) is 0 Å². The third-order valence-electron chi connectivity index (χ3n) is 2.45. The highest BCUT2D eigenvalue weighted by Crippen LogP contribution is 2.16. The second-order valence-electron chi connectivity index (χ2n) is 3.94. The molecule has 5 heteroatoms. The lowest BCUT2D eigenvalue weighted by atomic mass is 10.2. The number of hydrogen-bond acceptors (Lipinski definition) is 3. The molecule has 17 heavy (non-hydrogen) atoms. The Bertz CT molecular complexity index is 451. The molecule has 1 rings (SSSR count). The Hall–Kier alpha value is -0.910. The summed E-state index contributed by atoms with van der Waals surface area (Å²) in [6, 6.07) is 6.82. The quantitative estimate of drug-likeness (QED) is 0.838. The van der Waals surface area contributed by atoms with Crippen molar-refractivity contribution in [3.63, 3.8) is 0 Å². The molecule has 0 saturated carbocycles. The largest absolute Gasteiger partial charge is 0.395 e. The third kappa shape index (κ3) is 3.52. The molecule has 96 valence electrons. The lowest BCUT2D eigenvalue weighted by Crippen LogP contribution is -2.34. The van der Waals surface area contributed by atoms with Crippen LogP contribution in [-0.2, 0) is 10.0 Å². The van der Waals surface area contributed by atoms with Crippen molar-refractivity contribution in [1.29, 1.82) is 0 Å². The van der Waals surface area contributed by atoms with Crippen molar-refractivity contribution in [1.82, 2.24) is 4.31 Å². The maximum absolute atomic E-state index is 12.3. The number of aliphatic hydroxyl groups excluding tert-OH is 1. The molecule has 0 aliphatic heterocycles. The van der Waals surface area contributed by atoms with Crippen LogP contribution in [0.25, 0.3) is 0 Å². The first-order chi connectivity index (χ1) is 8.02. The molecule has 0 amide bonds. The smallest absolute Gasteiger partial charge is 0.243 e. The average Bonchev–Trinajstić information content (AvgIpc) is 2.29. The molecule has 0 aliphatic carbocycles. The Balaban J connectivity index is 3.07. The Morgan fingerprint density at radius 3 is 2.53 bits per heavy atom. The zero-order chi connectivity index (χ0) is 12.9. The molecule has 4 nitrogen and oxygen atoms in total. The van der Waals surface area contributed by atoms with E-state index in [0.717, 1.165) is 12.0 Å². The highest BCUT2D eigenvalue weighted by Gasteiger charge is 2.22. The van der Waals surface area contributed by atoms with Crippen molar-refractivity contribution in [3.8, 4) is 0 Å². The first-order valence-electron chi connectivity index (χ1n) is 5.70. The van der Waals surface area contributed by atoms with Gasteiger partial charge in [-0.15, -0.1) is 0 Å². The summed E-state index contributed by atoms with van der Waals surface area (Å²) in [5, 5.41) is 8.92. The fourth-order valence-corrected chi connectivity index (χ4v) is 3.27. The van der Waals surface area contributed by atoms with Crippen LogP contribution in [0.1, 0.15) is 18.9 Å². The van der Waals surface area contributed by atoms with E-state index in [1.54, 1.807) is 18.2 Å². The minimum absolute atomic E-state index is 0.143. The fourth-order valence-electron chi connectivity index (χ4n) is 1.64.